The molecule has 1 amide bonds. The molecule has 2 fully saturated rings. The first-order valence-corrected chi connectivity index (χ1v) is 8.44. The van der Waals surface area contributed by atoms with Gasteiger partial charge in [-0.25, -0.2) is 0 Å². The molecular weight excluding hydrogens is 294 g/mol. The highest BCUT2D eigenvalue weighted by atomic mass is 16.5. The van der Waals surface area contributed by atoms with Crippen LogP contribution in [0.15, 0.2) is 30.3 Å². The van der Waals surface area contributed by atoms with E-state index in [1.54, 1.807) is 0 Å². The zero-order chi connectivity index (χ0) is 15.9. The topological polar surface area (TPSA) is 56.8 Å². The summed E-state index contributed by atoms with van der Waals surface area (Å²) in [6, 6.07) is 10.1. The molecule has 5 heteroatoms. The van der Waals surface area contributed by atoms with Crippen LogP contribution in [0, 0.1) is 5.92 Å². The van der Waals surface area contributed by atoms with Gasteiger partial charge in [-0.15, -0.1) is 0 Å². The molecule has 2 aliphatic heterocycles. The monoisotopic (exact) mass is 319 g/mol. The quantitative estimate of drug-likeness (QED) is 0.901. The fourth-order valence-corrected chi connectivity index (χ4v) is 3.08. The second kappa shape index (κ2) is 8.43. The lowest BCUT2D eigenvalue weighted by Gasteiger charge is -2.33. The van der Waals surface area contributed by atoms with Crippen molar-refractivity contribution in [2.45, 2.75) is 38.0 Å². The average molecular weight is 319 g/mol. The predicted molar refractivity (Wildman–Crippen MR) is 85.9 cm³/mol. The SMILES string of the molecule is O=C(N[C@@H]1CCOC[C@H]1OCc1ccccc1)C1CCOCC1. The van der Waals surface area contributed by atoms with E-state index in [0.717, 1.165) is 24.8 Å². The third-order valence-electron chi connectivity index (χ3n) is 4.53. The van der Waals surface area contributed by atoms with E-state index in [0.29, 0.717) is 33.0 Å². The summed E-state index contributed by atoms with van der Waals surface area (Å²) >= 11 is 0. The molecule has 0 radical (unpaired) electrons. The van der Waals surface area contributed by atoms with E-state index in [1.165, 1.54) is 0 Å². The van der Waals surface area contributed by atoms with Crippen molar-refractivity contribution in [2.75, 3.05) is 26.4 Å². The summed E-state index contributed by atoms with van der Waals surface area (Å²) in [4.78, 5) is 12.4. The molecule has 1 aromatic carbocycles. The van der Waals surface area contributed by atoms with Crippen molar-refractivity contribution in [1.29, 1.82) is 0 Å². The number of rotatable bonds is 5. The Morgan fingerprint density at radius 2 is 1.83 bits per heavy atom. The Labute approximate surface area is 137 Å². The molecule has 3 rings (SSSR count). The molecule has 23 heavy (non-hydrogen) atoms. The summed E-state index contributed by atoms with van der Waals surface area (Å²) < 4.78 is 16.9. The zero-order valence-electron chi connectivity index (χ0n) is 13.4. The maximum Gasteiger partial charge on any atom is 0.223 e. The van der Waals surface area contributed by atoms with Crippen molar-refractivity contribution in [2.24, 2.45) is 5.92 Å². The Morgan fingerprint density at radius 1 is 1.09 bits per heavy atom. The molecular formula is C18H25NO4. The van der Waals surface area contributed by atoms with Gasteiger partial charge >= 0.3 is 0 Å². The van der Waals surface area contributed by atoms with Gasteiger partial charge in [0, 0.05) is 25.7 Å². The molecule has 2 atom stereocenters. The van der Waals surface area contributed by atoms with Crippen LogP contribution in [-0.4, -0.2) is 44.5 Å². The molecule has 1 N–H and O–H groups in total. The highest BCUT2D eigenvalue weighted by Gasteiger charge is 2.30. The predicted octanol–water partition coefficient (Wildman–Crippen LogP) is 1.90. The molecule has 0 bridgehead atoms. The van der Waals surface area contributed by atoms with Crippen LogP contribution in [0.1, 0.15) is 24.8 Å². The fourth-order valence-electron chi connectivity index (χ4n) is 3.08. The number of amides is 1. The van der Waals surface area contributed by atoms with Crippen molar-refractivity contribution in [3.63, 3.8) is 0 Å². The van der Waals surface area contributed by atoms with Gasteiger partial charge in [0.2, 0.25) is 5.91 Å². The summed E-state index contributed by atoms with van der Waals surface area (Å²) in [6.07, 6.45) is 2.33. The third kappa shape index (κ3) is 4.77. The number of carbonyl (C=O) groups is 1. The van der Waals surface area contributed by atoms with E-state index in [-0.39, 0.29) is 24.0 Å². The smallest absolute Gasteiger partial charge is 0.223 e. The van der Waals surface area contributed by atoms with E-state index in [2.05, 4.69) is 5.32 Å². The van der Waals surface area contributed by atoms with Gasteiger partial charge in [-0.05, 0) is 24.8 Å². The largest absolute Gasteiger partial charge is 0.381 e. The summed E-state index contributed by atoms with van der Waals surface area (Å²) in [5.41, 5.74) is 1.13. The Hall–Kier alpha value is -1.43. The molecule has 2 aliphatic rings. The fraction of sp³-hybridized carbons (Fsp3) is 0.611. The van der Waals surface area contributed by atoms with Gasteiger partial charge in [0.05, 0.1) is 19.3 Å². The Bertz CT molecular complexity index is 487. The van der Waals surface area contributed by atoms with Crippen LogP contribution in [0.2, 0.25) is 0 Å². The van der Waals surface area contributed by atoms with Crippen LogP contribution in [0.3, 0.4) is 0 Å². The van der Waals surface area contributed by atoms with E-state index in [9.17, 15) is 4.79 Å². The Balaban J connectivity index is 1.52. The van der Waals surface area contributed by atoms with Crippen LogP contribution in [0.4, 0.5) is 0 Å². The maximum absolute atomic E-state index is 12.4. The van der Waals surface area contributed by atoms with Gasteiger partial charge in [0.15, 0.2) is 0 Å². The van der Waals surface area contributed by atoms with Gasteiger partial charge in [-0.2, -0.15) is 0 Å². The molecule has 0 spiro atoms. The Kier molecular flexibility index (Phi) is 6.02. The van der Waals surface area contributed by atoms with Gasteiger partial charge < -0.3 is 19.5 Å². The zero-order valence-corrected chi connectivity index (χ0v) is 13.4. The number of hydrogen-bond acceptors (Lipinski definition) is 4. The molecule has 0 saturated carbocycles. The van der Waals surface area contributed by atoms with E-state index in [4.69, 9.17) is 14.2 Å². The highest BCUT2D eigenvalue weighted by Crippen LogP contribution is 2.18. The van der Waals surface area contributed by atoms with Crippen LogP contribution >= 0.6 is 0 Å². The molecule has 126 valence electrons. The first-order chi connectivity index (χ1) is 11.3. The molecule has 5 nitrogen and oxygen atoms in total. The lowest BCUT2D eigenvalue weighted by atomic mass is 9.97. The minimum absolute atomic E-state index is 0.0304. The molecule has 2 heterocycles. The third-order valence-corrected chi connectivity index (χ3v) is 4.53. The van der Waals surface area contributed by atoms with Crippen molar-refractivity contribution < 1.29 is 19.0 Å². The maximum atomic E-state index is 12.4. The van der Waals surface area contributed by atoms with Gasteiger partial charge in [-0.3, -0.25) is 4.79 Å². The summed E-state index contributed by atoms with van der Waals surface area (Å²) in [7, 11) is 0. The van der Waals surface area contributed by atoms with Crippen molar-refractivity contribution >= 4 is 5.91 Å². The summed E-state index contributed by atoms with van der Waals surface area (Å²) in [5.74, 6) is 0.204. The first kappa shape index (κ1) is 16.4. The Morgan fingerprint density at radius 3 is 2.61 bits per heavy atom. The lowest BCUT2D eigenvalue weighted by molar-refractivity contribution is -0.133. The standard InChI is InChI=1S/C18H25NO4/c20-18(15-6-9-21-10-7-15)19-16-8-11-22-13-17(16)23-12-14-4-2-1-3-5-14/h1-5,15-17H,6-13H2,(H,19,20)/t16-,17-/m1/s1. The van der Waals surface area contributed by atoms with Crippen LogP contribution in [0.25, 0.3) is 0 Å². The molecule has 0 unspecified atom stereocenters. The van der Waals surface area contributed by atoms with Gasteiger partial charge in [-0.1, -0.05) is 30.3 Å². The number of hydrogen-bond donors (Lipinski definition) is 1. The number of nitrogens with one attached hydrogen (secondary N) is 1. The minimum atomic E-state index is -0.0900. The van der Waals surface area contributed by atoms with Crippen molar-refractivity contribution in [3.05, 3.63) is 35.9 Å². The molecule has 0 aromatic heterocycles. The average Bonchev–Trinajstić information content (AvgIpc) is 2.62. The van der Waals surface area contributed by atoms with Crippen LogP contribution in [0.5, 0.6) is 0 Å². The number of benzene rings is 1. The van der Waals surface area contributed by atoms with Crippen LogP contribution in [-0.2, 0) is 25.6 Å². The van der Waals surface area contributed by atoms with Gasteiger partial charge in [0.1, 0.15) is 6.10 Å². The van der Waals surface area contributed by atoms with Gasteiger partial charge in [0.25, 0.3) is 0 Å². The molecule has 0 aliphatic carbocycles. The molecule has 1 aromatic rings. The number of carbonyl (C=O) groups excluding carboxylic acids is 1. The lowest BCUT2D eigenvalue weighted by Crippen LogP contribution is -2.51. The second-order valence-corrected chi connectivity index (χ2v) is 6.20. The van der Waals surface area contributed by atoms with Crippen molar-refractivity contribution in [3.8, 4) is 0 Å². The summed E-state index contributed by atoms with van der Waals surface area (Å²) in [5, 5.41) is 3.18. The minimum Gasteiger partial charge on any atom is -0.381 e. The first-order valence-electron chi connectivity index (χ1n) is 8.44. The van der Waals surface area contributed by atoms with E-state index in [1.807, 2.05) is 30.3 Å². The number of ether oxygens (including phenoxy) is 3. The molecule has 2 saturated heterocycles. The second-order valence-electron chi connectivity index (χ2n) is 6.20. The van der Waals surface area contributed by atoms with Crippen LogP contribution < -0.4 is 5.32 Å². The van der Waals surface area contributed by atoms with E-state index >= 15 is 0 Å². The van der Waals surface area contributed by atoms with E-state index < -0.39 is 0 Å². The normalized spacial score (nSPS) is 25.9. The highest BCUT2D eigenvalue weighted by molar-refractivity contribution is 5.79. The van der Waals surface area contributed by atoms with Crippen molar-refractivity contribution in [1.82, 2.24) is 5.32 Å². The summed E-state index contributed by atoms with van der Waals surface area (Å²) in [6.45, 7) is 3.10.